The molecule has 0 spiro atoms. The van der Waals surface area contributed by atoms with E-state index in [-0.39, 0.29) is 6.03 Å². The lowest BCUT2D eigenvalue weighted by atomic mass is 9.93. The van der Waals surface area contributed by atoms with Crippen LogP contribution in [0.2, 0.25) is 0 Å². The van der Waals surface area contributed by atoms with E-state index in [1.54, 1.807) is 12.0 Å². The summed E-state index contributed by atoms with van der Waals surface area (Å²) in [6.07, 6.45) is 4.29. The number of ether oxygens (including phenoxy) is 1. The fourth-order valence-corrected chi connectivity index (χ4v) is 1.62. The Morgan fingerprint density at radius 2 is 2.25 bits per heavy atom. The minimum Gasteiger partial charge on any atom is -0.383 e. The molecule has 0 aromatic carbocycles. The van der Waals surface area contributed by atoms with Crippen molar-refractivity contribution in [3.8, 4) is 0 Å². The largest absolute Gasteiger partial charge is 0.383 e. The maximum absolute atomic E-state index is 11.9. The fraction of sp³-hybridized carbons (Fsp3) is 0.909. The molecule has 0 unspecified atom stereocenters. The van der Waals surface area contributed by atoms with E-state index in [0.717, 1.165) is 19.3 Å². The summed E-state index contributed by atoms with van der Waals surface area (Å²) in [4.78, 5) is 13.7. The first-order valence-corrected chi connectivity index (χ1v) is 6.02. The van der Waals surface area contributed by atoms with Crippen molar-refractivity contribution in [2.75, 3.05) is 33.4 Å². The molecule has 3 N–H and O–H groups in total. The molecule has 0 heterocycles. The van der Waals surface area contributed by atoms with Crippen LogP contribution < -0.4 is 11.1 Å². The topological polar surface area (TPSA) is 67.6 Å². The molecule has 5 nitrogen and oxygen atoms in total. The van der Waals surface area contributed by atoms with Gasteiger partial charge in [0.2, 0.25) is 0 Å². The summed E-state index contributed by atoms with van der Waals surface area (Å²) in [5.41, 5.74) is 5.45. The average molecular weight is 229 g/mol. The first kappa shape index (κ1) is 13.3. The van der Waals surface area contributed by atoms with Crippen molar-refractivity contribution in [1.82, 2.24) is 10.2 Å². The number of nitrogens with one attached hydrogen (secondary N) is 1. The molecule has 0 radical (unpaired) electrons. The van der Waals surface area contributed by atoms with Gasteiger partial charge in [-0.1, -0.05) is 0 Å². The Kier molecular flexibility index (Phi) is 6.18. The first-order chi connectivity index (χ1) is 7.77. The number of hydrogen-bond acceptors (Lipinski definition) is 3. The van der Waals surface area contributed by atoms with Crippen molar-refractivity contribution in [1.29, 1.82) is 0 Å². The Hall–Kier alpha value is -0.810. The van der Waals surface area contributed by atoms with Crippen LogP contribution in [0.5, 0.6) is 0 Å². The van der Waals surface area contributed by atoms with Crippen LogP contribution in [0.15, 0.2) is 0 Å². The maximum Gasteiger partial charge on any atom is 0.317 e. The molecule has 0 aromatic rings. The van der Waals surface area contributed by atoms with E-state index >= 15 is 0 Å². The van der Waals surface area contributed by atoms with Crippen molar-refractivity contribution in [2.45, 2.75) is 31.7 Å². The van der Waals surface area contributed by atoms with Gasteiger partial charge in [-0.25, -0.2) is 4.79 Å². The highest BCUT2D eigenvalue weighted by Gasteiger charge is 2.22. The van der Waals surface area contributed by atoms with E-state index in [0.29, 0.717) is 32.3 Å². The summed E-state index contributed by atoms with van der Waals surface area (Å²) in [6.45, 7) is 2.52. The number of carbonyl (C=O) groups is 1. The molecular weight excluding hydrogens is 206 g/mol. The average Bonchev–Trinajstić information content (AvgIpc) is 2.23. The predicted molar refractivity (Wildman–Crippen MR) is 63.3 cm³/mol. The molecule has 0 saturated heterocycles. The Balaban J connectivity index is 2.29. The van der Waals surface area contributed by atoms with Gasteiger partial charge in [-0.3, -0.25) is 0 Å². The molecule has 1 aliphatic rings. The summed E-state index contributed by atoms with van der Waals surface area (Å²) >= 11 is 0. The molecule has 0 aliphatic heterocycles. The third kappa shape index (κ3) is 4.37. The summed E-state index contributed by atoms with van der Waals surface area (Å²) in [5.74, 6) is 0. The third-order valence-corrected chi connectivity index (χ3v) is 2.92. The quantitative estimate of drug-likeness (QED) is 0.670. The van der Waals surface area contributed by atoms with Gasteiger partial charge < -0.3 is 20.7 Å². The molecule has 0 bridgehead atoms. The van der Waals surface area contributed by atoms with Crippen LogP contribution >= 0.6 is 0 Å². The Morgan fingerprint density at radius 3 is 2.75 bits per heavy atom. The van der Waals surface area contributed by atoms with E-state index in [4.69, 9.17) is 10.5 Å². The van der Waals surface area contributed by atoms with Crippen LogP contribution in [0.1, 0.15) is 25.7 Å². The van der Waals surface area contributed by atoms with Gasteiger partial charge in [0.15, 0.2) is 0 Å². The number of nitrogens with zero attached hydrogens (tertiary/aromatic N) is 1. The fourth-order valence-electron chi connectivity index (χ4n) is 1.62. The smallest absolute Gasteiger partial charge is 0.317 e. The molecular formula is C11H23N3O2. The first-order valence-electron chi connectivity index (χ1n) is 6.02. The van der Waals surface area contributed by atoms with E-state index in [1.165, 1.54) is 6.42 Å². The van der Waals surface area contributed by atoms with Crippen LogP contribution in [0.3, 0.4) is 0 Å². The summed E-state index contributed by atoms with van der Waals surface area (Å²) in [6, 6.07) is 0.408. The molecule has 1 rings (SSSR count). The lowest BCUT2D eigenvalue weighted by molar-refractivity contribution is 0.144. The molecule has 0 atom stereocenters. The van der Waals surface area contributed by atoms with Crippen LogP contribution in [0.25, 0.3) is 0 Å². The highest BCUT2D eigenvalue weighted by Crippen LogP contribution is 2.18. The van der Waals surface area contributed by atoms with Gasteiger partial charge in [0.25, 0.3) is 0 Å². The standard InChI is InChI=1S/C11H23N3O2/c1-16-9-8-14(7-3-6-12)11(15)13-10-4-2-5-10/h10H,2-9,12H2,1H3,(H,13,15). The molecule has 1 fully saturated rings. The van der Waals surface area contributed by atoms with Gasteiger partial charge in [-0.15, -0.1) is 0 Å². The number of urea groups is 1. The second-order valence-corrected chi connectivity index (χ2v) is 4.20. The van der Waals surface area contributed by atoms with E-state index < -0.39 is 0 Å². The van der Waals surface area contributed by atoms with Gasteiger partial charge in [0, 0.05) is 26.2 Å². The van der Waals surface area contributed by atoms with Crippen molar-refractivity contribution in [2.24, 2.45) is 5.73 Å². The monoisotopic (exact) mass is 229 g/mol. The van der Waals surface area contributed by atoms with E-state index in [1.807, 2.05) is 0 Å². The molecule has 94 valence electrons. The zero-order valence-electron chi connectivity index (χ0n) is 10.1. The maximum atomic E-state index is 11.9. The van der Waals surface area contributed by atoms with Crippen molar-refractivity contribution < 1.29 is 9.53 Å². The zero-order chi connectivity index (χ0) is 11.8. The number of methoxy groups -OCH3 is 1. The SMILES string of the molecule is COCCN(CCCN)C(=O)NC1CCC1. The third-order valence-electron chi connectivity index (χ3n) is 2.92. The molecule has 16 heavy (non-hydrogen) atoms. The number of nitrogens with two attached hydrogens (primary N) is 1. The summed E-state index contributed by atoms with van der Waals surface area (Å²) in [5, 5.41) is 3.02. The van der Waals surface area contributed by atoms with Gasteiger partial charge in [0.1, 0.15) is 0 Å². The van der Waals surface area contributed by atoms with Gasteiger partial charge in [-0.05, 0) is 32.2 Å². The number of carbonyl (C=O) groups excluding carboxylic acids is 1. The van der Waals surface area contributed by atoms with Crippen molar-refractivity contribution in [3.05, 3.63) is 0 Å². The molecule has 2 amide bonds. The van der Waals surface area contributed by atoms with Crippen molar-refractivity contribution in [3.63, 3.8) is 0 Å². The summed E-state index contributed by atoms with van der Waals surface area (Å²) < 4.78 is 4.99. The Morgan fingerprint density at radius 1 is 1.50 bits per heavy atom. The lowest BCUT2D eigenvalue weighted by Gasteiger charge is -2.30. The minimum absolute atomic E-state index is 0.0233. The van der Waals surface area contributed by atoms with Gasteiger partial charge >= 0.3 is 6.03 Å². The number of hydrogen-bond donors (Lipinski definition) is 2. The van der Waals surface area contributed by atoms with Gasteiger partial charge in [-0.2, -0.15) is 0 Å². The van der Waals surface area contributed by atoms with Gasteiger partial charge in [0.05, 0.1) is 6.61 Å². The normalized spacial score (nSPS) is 15.6. The van der Waals surface area contributed by atoms with Crippen LogP contribution in [0, 0.1) is 0 Å². The zero-order valence-corrected chi connectivity index (χ0v) is 10.1. The summed E-state index contributed by atoms with van der Waals surface area (Å²) in [7, 11) is 1.64. The Bertz CT molecular complexity index is 199. The second-order valence-electron chi connectivity index (χ2n) is 4.20. The molecule has 1 saturated carbocycles. The lowest BCUT2D eigenvalue weighted by Crippen LogP contribution is -2.48. The molecule has 0 aromatic heterocycles. The van der Waals surface area contributed by atoms with E-state index in [2.05, 4.69) is 5.32 Å². The van der Waals surface area contributed by atoms with E-state index in [9.17, 15) is 4.79 Å². The van der Waals surface area contributed by atoms with Crippen molar-refractivity contribution >= 4 is 6.03 Å². The second kappa shape index (κ2) is 7.46. The highest BCUT2D eigenvalue weighted by atomic mass is 16.5. The van der Waals surface area contributed by atoms with Crippen LogP contribution in [0.4, 0.5) is 4.79 Å². The molecule has 5 heteroatoms. The number of amides is 2. The number of rotatable bonds is 7. The van der Waals surface area contributed by atoms with Crippen LogP contribution in [-0.2, 0) is 4.74 Å². The van der Waals surface area contributed by atoms with Crippen LogP contribution in [-0.4, -0.2) is 50.3 Å². The molecule has 1 aliphatic carbocycles. The predicted octanol–water partition coefficient (Wildman–Crippen LogP) is 0.546. The highest BCUT2D eigenvalue weighted by molar-refractivity contribution is 5.74. The Labute approximate surface area is 97.3 Å². The minimum atomic E-state index is 0.0233.